The van der Waals surface area contributed by atoms with E-state index in [1.165, 1.54) is 17.1 Å². The number of aromatic nitrogens is 2. The minimum absolute atomic E-state index is 0.0342. The maximum Gasteiger partial charge on any atom is 0.0876 e. The number of rotatable bonds is 3. The molecule has 1 unspecified atom stereocenters. The summed E-state index contributed by atoms with van der Waals surface area (Å²) >= 11 is 1.40. The van der Waals surface area contributed by atoms with Gasteiger partial charge in [0.2, 0.25) is 0 Å². The molecule has 0 spiro atoms. The minimum Gasteiger partial charge on any atom is -0.501 e. The van der Waals surface area contributed by atoms with Gasteiger partial charge in [-0.25, -0.2) is 5.43 Å². The van der Waals surface area contributed by atoms with Crippen molar-refractivity contribution in [2.45, 2.75) is 45.1 Å². The lowest BCUT2D eigenvalue weighted by Crippen LogP contribution is -2.31. The summed E-state index contributed by atoms with van der Waals surface area (Å²) in [6.07, 6.45) is 3.84. The smallest absolute Gasteiger partial charge is 0.0876 e. The van der Waals surface area contributed by atoms with Gasteiger partial charge in [0.15, 0.2) is 0 Å². The molecule has 0 saturated heterocycles. The van der Waals surface area contributed by atoms with Gasteiger partial charge in [-0.3, -0.25) is 5.84 Å². The number of hydrogen-bond donors (Lipinski definition) is 2. The van der Waals surface area contributed by atoms with Crippen LogP contribution in [0.25, 0.3) is 0 Å². The average molecular weight is 268 g/mol. The molecule has 3 N–H and O–H groups in total. The molecule has 0 bridgehead atoms. The van der Waals surface area contributed by atoms with Crippen molar-refractivity contribution in [2.24, 2.45) is 5.84 Å². The zero-order chi connectivity index (χ0) is 13.2. The highest BCUT2D eigenvalue weighted by Crippen LogP contribution is 2.35. The highest BCUT2D eigenvalue weighted by molar-refractivity contribution is 7.05. The van der Waals surface area contributed by atoms with Gasteiger partial charge in [-0.2, -0.15) is 0 Å². The van der Waals surface area contributed by atoms with Gasteiger partial charge in [0.25, 0.3) is 0 Å². The van der Waals surface area contributed by atoms with Crippen LogP contribution in [0.3, 0.4) is 0 Å². The Balaban J connectivity index is 2.33. The van der Waals surface area contributed by atoms with E-state index in [4.69, 9.17) is 10.6 Å². The van der Waals surface area contributed by atoms with E-state index in [1.54, 1.807) is 0 Å². The monoisotopic (exact) mass is 268 g/mol. The van der Waals surface area contributed by atoms with Gasteiger partial charge in [0, 0.05) is 5.41 Å². The van der Waals surface area contributed by atoms with Gasteiger partial charge in [0.05, 0.1) is 29.5 Å². The van der Waals surface area contributed by atoms with E-state index >= 15 is 0 Å². The molecule has 0 aliphatic carbocycles. The van der Waals surface area contributed by atoms with Crippen LogP contribution in [0.1, 0.15) is 50.2 Å². The SMILES string of the molecule is CC(C)(C)c1nnsc1C(NN)C1=COCCC1. The van der Waals surface area contributed by atoms with Gasteiger partial charge in [-0.15, -0.1) is 5.10 Å². The lowest BCUT2D eigenvalue weighted by molar-refractivity contribution is 0.219. The predicted molar refractivity (Wildman–Crippen MR) is 71.9 cm³/mol. The van der Waals surface area contributed by atoms with Gasteiger partial charge >= 0.3 is 0 Å². The number of nitrogens with zero attached hydrogens (tertiary/aromatic N) is 2. The molecule has 0 radical (unpaired) electrons. The van der Waals surface area contributed by atoms with Crippen molar-refractivity contribution in [3.05, 3.63) is 22.4 Å². The second kappa shape index (κ2) is 5.34. The summed E-state index contributed by atoms with van der Waals surface area (Å²) in [5.41, 5.74) is 5.00. The summed E-state index contributed by atoms with van der Waals surface area (Å²) in [6.45, 7) is 7.18. The molecule has 6 heteroatoms. The van der Waals surface area contributed by atoms with Crippen molar-refractivity contribution in [2.75, 3.05) is 6.61 Å². The van der Waals surface area contributed by atoms with E-state index in [0.717, 1.165) is 30.0 Å². The summed E-state index contributed by atoms with van der Waals surface area (Å²) in [5.74, 6) is 5.71. The second-order valence-corrected chi connectivity index (χ2v) is 6.29. The zero-order valence-corrected chi connectivity index (χ0v) is 11.9. The third-order valence-electron chi connectivity index (χ3n) is 2.99. The van der Waals surface area contributed by atoms with E-state index in [2.05, 4.69) is 35.8 Å². The first-order valence-electron chi connectivity index (χ1n) is 6.13. The summed E-state index contributed by atoms with van der Waals surface area (Å²) in [7, 11) is 0. The lowest BCUT2D eigenvalue weighted by Gasteiger charge is -2.24. The molecular formula is C12H20N4OS. The first-order chi connectivity index (χ1) is 8.54. The van der Waals surface area contributed by atoms with Gasteiger partial charge in [0.1, 0.15) is 0 Å². The van der Waals surface area contributed by atoms with Crippen molar-refractivity contribution >= 4 is 11.5 Å². The molecule has 18 heavy (non-hydrogen) atoms. The molecule has 0 aromatic carbocycles. The Morgan fingerprint density at radius 1 is 1.50 bits per heavy atom. The molecule has 1 aromatic rings. The van der Waals surface area contributed by atoms with E-state index in [-0.39, 0.29) is 11.5 Å². The van der Waals surface area contributed by atoms with Crippen LogP contribution in [0.5, 0.6) is 0 Å². The maximum absolute atomic E-state index is 5.71. The van der Waals surface area contributed by atoms with Crippen LogP contribution in [0, 0.1) is 0 Å². The van der Waals surface area contributed by atoms with Crippen LogP contribution in [0.15, 0.2) is 11.8 Å². The van der Waals surface area contributed by atoms with Crippen LogP contribution in [0.4, 0.5) is 0 Å². The summed E-state index contributed by atoms with van der Waals surface area (Å²) in [6, 6.07) is -0.0421. The molecule has 1 aliphatic rings. The summed E-state index contributed by atoms with van der Waals surface area (Å²) in [4.78, 5) is 1.08. The Morgan fingerprint density at radius 3 is 2.83 bits per heavy atom. The van der Waals surface area contributed by atoms with Crippen molar-refractivity contribution in [3.8, 4) is 0 Å². The molecular weight excluding hydrogens is 248 g/mol. The Morgan fingerprint density at radius 2 is 2.28 bits per heavy atom. The average Bonchev–Trinajstić information content (AvgIpc) is 2.80. The largest absolute Gasteiger partial charge is 0.501 e. The molecule has 2 heterocycles. The van der Waals surface area contributed by atoms with E-state index in [0.29, 0.717) is 0 Å². The van der Waals surface area contributed by atoms with Crippen LogP contribution in [-0.4, -0.2) is 16.2 Å². The summed E-state index contributed by atoms with van der Waals surface area (Å²) < 4.78 is 9.47. The molecule has 0 fully saturated rings. The quantitative estimate of drug-likeness (QED) is 0.648. The molecule has 0 saturated carbocycles. The number of ether oxygens (including phenoxy) is 1. The normalized spacial score (nSPS) is 18.1. The van der Waals surface area contributed by atoms with Crippen LogP contribution >= 0.6 is 11.5 Å². The molecule has 1 aliphatic heterocycles. The predicted octanol–water partition coefficient (Wildman–Crippen LogP) is 2.03. The Labute approximate surface area is 112 Å². The van der Waals surface area contributed by atoms with E-state index in [9.17, 15) is 0 Å². The van der Waals surface area contributed by atoms with E-state index < -0.39 is 0 Å². The number of hydrogen-bond acceptors (Lipinski definition) is 6. The second-order valence-electron chi connectivity index (χ2n) is 5.50. The third-order valence-corrected chi connectivity index (χ3v) is 3.77. The summed E-state index contributed by atoms with van der Waals surface area (Å²) in [5, 5.41) is 4.26. The Hall–Kier alpha value is -0.980. The third kappa shape index (κ3) is 2.71. The highest BCUT2D eigenvalue weighted by Gasteiger charge is 2.29. The fraction of sp³-hybridized carbons (Fsp3) is 0.667. The minimum atomic E-state index is -0.0421. The van der Waals surface area contributed by atoms with Crippen molar-refractivity contribution in [3.63, 3.8) is 0 Å². The highest BCUT2D eigenvalue weighted by atomic mass is 32.1. The van der Waals surface area contributed by atoms with E-state index in [1.807, 2.05) is 6.26 Å². The topological polar surface area (TPSA) is 73.1 Å². The Kier molecular flexibility index (Phi) is 3.99. The first-order valence-corrected chi connectivity index (χ1v) is 6.91. The molecule has 2 rings (SSSR count). The zero-order valence-electron chi connectivity index (χ0n) is 11.1. The van der Waals surface area contributed by atoms with Crippen LogP contribution in [0.2, 0.25) is 0 Å². The molecule has 1 atom stereocenters. The molecule has 100 valence electrons. The van der Waals surface area contributed by atoms with Crippen molar-refractivity contribution in [1.29, 1.82) is 0 Å². The standard InChI is InChI=1S/C12H20N4OS/c1-12(2,3)11-10(18-16-15-11)9(14-13)8-5-4-6-17-7-8/h7,9,14H,4-6,13H2,1-3H3. The Bertz CT molecular complexity index is 436. The molecule has 5 nitrogen and oxygen atoms in total. The van der Waals surface area contributed by atoms with Crippen LogP contribution < -0.4 is 11.3 Å². The van der Waals surface area contributed by atoms with Crippen LogP contribution in [-0.2, 0) is 10.2 Å². The fourth-order valence-electron chi connectivity index (χ4n) is 2.05. The van der Waals surface area contributed by atoms with Crippen molar-refractivity contribution in [1.82, 2.24) is 15.0 Å². The van der Waals surface area contributed by atoms with Gasteiger partial charge < -0.3 is 4.74 Å². The van der Waals surface area contributed by atoms with Crippen molar-refractivity contribution < 1.29 is 4.74 Å². The van der Waals surface area contributed by atoms with Gasteiger partial charge in [-0.05, 0) is 29.9 Å². The number of hydrazine groups is 1. The molecule has 1 aromatic heterocycles. The number of nitrogens with one attached hydrogen (secondary N) is 1. The molecule has 0 amide bonds. The first kappa shape index (κ1) is 13.5. The maximum atomic E-state index is 5.71. The number of nitrogens with two attached hydrogens (primary N) is 1. The van der Waals surface area contributed by atoms with Gasteiger partial charge in [-0.1, -0.05) is 25.3 Å². The fourth-order valence-corrected chi connectivity index (χ4v) is 3.02. The lowest BCUT2D eigenvalue weighted by atomic mass is 9.88.